The van der Waals surface area contributed by atoms with E-state index in [1.165, 1.54) is 0 Å². The average molecular weight is 371 g/mol. The molecule has 0 atom stereocenters. The lowest BCUT2D eigenvalue weighted by molar-refractivity contribution is 0.108. The van der Waals surface area contributed by atoms with Gasteiger partial charge in [-0.1, -0.05) is 34.7 Å². The van der Waals surface area contributed by atoms with Gasteiger partial charge in [-0.25, -0.2) is 0 Å². The first-order valence-corrected chi connectivity index (χ1v) is 8.70. The number of aromatic nitrogens is 2. The number of nitrogens with one attached hydrogen (secondary N) is 1. The number of aromatic amines is 1. The van der Waals surface area contributed by atoms with Gasteiger partial charge in [0, 0.05) is 24.4 Å². The molecule has 0 aliphatic carbocycles. The molecule has 3 aromatic rings. The summed E-state index contributed by atoms with van der Waals surface area (Å²) in [4.78, 5) is 23.0. The molecule has 0 unspecified atom stereocenters. The van der Waals surface area contributed by atoms with Crippen LogP contribution in [0.4, 0.5) is 0 Å². The van der Waals surface area contributed by atoms with E-state index in [1.807, 2.05) is 36.4 Å². The number of hydrogen-bond acceptors (Lipinski definition) is 7. The second-order valence-electron chi connectivity index (χ2n) is 5.31. The van der Waals surface area contributed by atoms with Crippen LogP contribution in [-0.4, -0.2) is 34.5 Å². The van der Waals surface area contributed by atoms with Crippen molar-refractivity contribution >= 4 is 17.6 Å². The van der Waals surface area contributed by atoms with Gasteiger partial charge < -0.3 is 14.7 Å². The van der Waals surface area contributed by atoms with Crippen molar-refractivity contribution in [3.05, 3.63) is 74.5 Å². The average Bonchev–Trinajstić information content (AvgIpc) is 2.97. The summed E-state index contributed by atoms with van der Waals surface area (Å²) in [5.41, 5.74) is 1.84. The van der Waals surface area contributed by atoms with Gasteiger partial charge in [0.1, 0.15) is 12.4 Å². The van der Waals surface area contributed by atoms with Crippen molar-refractivity contribution in [1.29, 1.82) is 0 Å². The number of thiazole rings is 1. The van der Waals surface area contributed by atoms with Crippen molar-refractivity contribution in [1.82, 2.24) is 9.97 Å². The minimum Gasteiger partial charge on any atom is -0.494 e. The highest BCUT2D eigenvalue weighted by Gasteiger charge is 2.07. The Morgan fingerprint density at radius 3 is 2.77 bits per heavy atom. The van der Waals surface area contributed by atoms with E-state index in [9.17, 15) is 9.90 Å². The fraction of sp³-hybridized carbons (Fsp3) is 0.167. The van der Waals surface area contributed by atoms with Gasteiger partial charge in [0.2, 0.25) is 5.88 Å². The van der Waals surface area contributed by atoms with Crippen LogP contribution in [-0.2, 0) is 11.3 Å². The third-order valence-electron chi connectivity index (χ3n) is 3.39. The largest absolute Gasteiger partial charge is 0.494 e. The van der Waals surface area contributed by atoms with Crippen LogP contribution in [0.1, 0.15) is 16.0 Å². The summed E-state index contributed by atoms with van der Waals surface area (Å²) in [7, 11) is 0. The minimum absolute atomic E-state index is 0.0655. The van der Waals surface area contributed by atoms with Gasteiger partial charge in [0.05, 0.1) is 11.1 Å². The maximum Gasteiger partial charge on any atom is 0.307 e. The van der Waals surface area contributed by atoms with Crippen molar-refractivity contribution in [2.24, 2.45) is 5.16 Å². The fourth-order valence-electron chi connectivity index (χ4n) is 2.16. The molecule has 2 aromatic heterocycles. The number of rotatable bonds is 8. The molecule has 8 heteroatoms. The van der Waals surface area contributed by atoms with Crippen LogP contribution in [0.15, 0.2) is 58.7 Å². The Balaban J connectivity index is 1.41. The topological polar surface area (TPSA) is 96.8 Å². The first kappa shape index (κ1) is 17.7. The lowest BCUT2D eigenvalue weighted by Gasteiger charge is -2.06. The Morgan fingerprint density at radius 1 is 1.23 bits per heavy atom. The lowest BCUT2D eigenvalue weighted by Crippen LogP contribution is -2.04. The maximum absolute atomic E-state index is 11.2. The quantitative estimate of drug-likeness (QED) is 0.360. The Kier molecular flexibility index (Phi) is 6.00. The molecular weight excluding hydrogens is 354 g/mol. The van der Waals surface area contributed by atoms with E-state index < -0.39 is 0 Å². The minimum atomic E-state index is -0.261. The highest BCUT2D eigenvalue weighted by atomic mass is 32.1. The molecule has 0 radical (unpaired) electrons. The Bertz CT molecular complexity index is 904. The number of nitrogens with zero attached hydrogens (tertiary/aromatic N) is 2. The SMILES string of the molecule is O=c1[nH]c(O)c(Cc2ccc(OCCON=Cc3cccnc3)cc2)s1. The van der Waals surface area contributed by atoms with Gasteiger partial charge in [-0.05, 0) is 23.8 Å². The third-order valence-corrected chi connectivity index (χ3v) is 4.26. The second kappa shape index (κ2) is 8.82. The molecule has 26 heavy (non-hydrogen) atoms. The highest BCUT2D eigenvalue weighted by Crippen LogP contribution is 2.21. The normalized spacial score (nSPS) is 10.9. The van der Waals surface area contributed by atoms with Crippen molar-refractivity contribution in [2.75, 3.05) is 13.2 Å². The first-order chi connectivity index (χ1) is 12.7. The molecular formula is C18H17N3O4S. The van der Waals surface area contributed by atoms with Gasteiger partial charge in [-0.2, -0.15) is 0 Å². The van der Waals surface area contributed by atoms with Crippen LogP contribution in [0.2, 0.25) is 0 Å². The molecule has 0 aliphatic heterocycles. The summed E-state index contributed by atoms with van der Waals surface area (Å²) in [6.07, 6.45) is 5.46. The highest BCUT2D eigenvalue weighted by molar-refractivity contribution is 7.09. The molecule has 1 aromatic carbocycles. The zero-order valence-corrected chi connectivity index (χ0v) is 14.6. The summed E-state index contributed by atoms with van der Waals surface area (Å²) >= 11 is 1.01. The molecule has 0 amide bonds. The molecule has 3 rings (SSSR count). The zero-order chi connectivity index (χ0) is 18.2. The smallest absolute Gasteiger partial charge is 0.307 e. The van der Waals surface area contributed by atoms with Crippen molar-refractivity contribution in [3.8, 4) is 11.6 Å². The molecule has 0 aliphatic rings. The van der Waals surface area contributed by atoms with Crippen LogP contribution in [0.3, 0.4) is 0 Å². The summed E-state index contributed by atoms with van der Waals surface area (Å²) in [6, 6.07) is 11.2. The molecule has 0 bridgehead atoms. The molecule has 134 valence electrons. The molecule has 0 spiro atoms. The first-order valence-electron chi connectivity index (χ1n) is 7.89. The molecule has 0 saturated carbocycles. The Morgan fingerprint density at radius 2 is 2.08 bits per heavy atom. The van der Waals surface area contributed by atoms with Gasteiger partial charge >= 0.3 is 4.87 Å². The Labute approximate surface area is 153 Å². The number of H-pyrrole nitrogens is 1. The van der Waals surface area contributed by atoms with Crippen LogP contribution in [0.5, 0.6) is 11.6 Å². The van der Waals surface area contributed by atoms with Gasteiger partial charge in [0.15, 0.2) is 6.61 Å². The predicted octanol–water partition coefficient (Wildman–Crippen LogP) is 2.56. The van der Waals surface area contributed by atoms with Crippen molar-refractivity contribution in [3.63, 3.8) is 0 Å². The number of benzene rings is 1. The maximum atomic E-state index is 11.2. The van der Waals surface area contributed by atoms with E-state index in [4.69, 9.17) is 9.57 Å². The van der Waals surface area contributed by atoms with E-state index in [-0.39, 0.29) is 10.8 Å². The molecule has 2 heterocycles. The van der Waals surface area contributed by atoms with Crippen LogP contribution < -0.4 is 9.61 Å². The van der Waals surface area contributed by atoms with E-state index in [0.717, 1.165) is 22.5 Å². The van der Waals surface area contributed by atoms with Crippen molar-refractivity contribution < 1.29 is 14.7 Å². The third kappa shape index (κ3) is 5.18. The molecule has 2 N–H and O–H groups in total. The van der Waals surface area contributed by atoms with Crippen LogP contribution in [0, 0.1) is 0 Å². The van der Waals surface area contributed by atoms with E-state index >= 15 is 0 Å². The van der Waals surface area contributed by atoms with Gasteiger partial charge in [-0.15, -0.1) is 0 Å². The number of aromatic hydroxyl groups is 1. The monoisotopic (exact) mass is 371 g/mol. The number of hydrogen-bond donors (Lipinski definition) is 2. The summed E-state index contributed by atoms with van der Waals surface area (Å²) < 4.78 is 5.58. The predicted molar refractivity (Wildman–Crippen MR) is 99.1 cm³/mol. The zero-order valence-electron chi connectivity index (χ0n) is 13.8. The summed E-state index contributed by atoms with van der Waals surface area (Å²) in [5.74, 6) is 0.643. The van der Waals surface area contributed by atoms with Crippen molar-refractivity contribution in [2.45, 2.75) is 6.42 Å². The molecule has 7 nitrogen and oxygen atoms in total. The number of oxime groups is 1. The lowest BCUT2D eigenvalue weighted by atomic mass is 10.1. The van der Waals surface area contributed by atoms with Gasteiger partial charge in [-0.3, -0.25) is 14.8 Å². The summed E-state index contributed by atoms with van der Waals surface area (Å²) in [5, 5.41) is 13.5. The standard InChI is InChI=1S/C18H17N3O4S/c22-17-16(26-18(23)21-17)10-13-3-5-15(6-4-13)24-8-9-25-20-12-14-2-1-7-19-11-14/h1-7,11-12,22H,8-10H2,(H,21,23). The molecule has 0 saturated heterocycles. The second-order valence-corrected chi connectivity index (χ2v) is 6.38. The molecule has 0 fully saturated rings. The van der Waals surface area contributed by atoms with Crippen LogP contribution >= 0.6 is 11.3 Å². The van der Waals surface area contributed by atoms with E-state index in [2.05, 4.69) is 15.1 Å². The number of ether oxygens (including phenoxy) is 1. The summed E-state index contributed by atoms with van der Waals surface area (Å²) in [6.45, 7) is 0.688. The van der Waals surface area contributed by atoms with E-state index in [1.54, 1.807) is 18.6 Å². The fourth-order valence-corrected chi connectivity index (χ4v) is 2.92. The van der Waals surface area contributed by atoms with Crippen LogP contribution in [0.25, 0.3) is 0 Å². The Hall–Kier alpha value is -3.13. The number of pyridine rings is 1. The van der Waals surface area contributed by atoms with E-state index in [0.29, 0.717) is 30.3 Å². The van der Waals surface area contributed by atoms with Gasteiger partial charge in [0.25, 0.3) is 0 Å².